The van der Waals surface area contributed by atoms with Crippen LogP contribution in [0.1, 0.15) is 28.9 Å². The summed E-state index contributed by atoms with van der Waals surface area (Å²) in [6, 6.07) is 11.9. The first-order valence-electron chi connectivity index (χ1n) is 8.53. The Morgan fingerprint density at radius 3 is 2.73 bits per heavy atom. The minimum absolute atomic E-state index is 0.0135. The number of amides is 1. The van der Waals surface area contributed by atoms with Crippen molar-refractivity contribution in [3.8, 4) is 11.4 Å². The van der Waals surface area contributed by atoms with Crippen molar-refractivity contribution in [2.75, 3.05) is 5.32 Å². The maximum absolute atomic E-state index is 13.9. The highest BCUT2D eigenvalue weighted by Crippen LogP contribution is 2.26. The van der Waals surface area contributed by atoms with Crippen molar-refractivity contribution < 1.29 is 9.18 Å². The van der Waals surface area contributed by atoms with Gasteiger partial charge in [0.2, 0.25) is 0 Å². The smallest absolute Gasteiger partial charge is 0.258 e. The topological polar surface area (TPSA) is 46.9 Å². The summed E-state index contributed by atoms with van der Waals surface area (Å²) < 4.78 is 16.8. The zero-order valence-electron chi connectivity index (χ0n) is 14.0. The van der Waals surface area contributed by atoms with E-state index in [9.17, 15) is 9.18 Å². The van der Waals surface area contributed by atoms with Crippen LogP contribution in [0.3, 0.4) is 0 Å². The third-order valence-electron chi connectivity index (χ3n) is 4.58. The van der Waals surface area contributed by atoms with E-state index in [0.29, 0.717) is 10.2 Å². The van der Waals surface area contributed by atoms with Gasteiger partial charge in [0.25, 0.3) is 5.91 Å². The third-order valence-corrected chi connectivity index (χ3v) is 5.07. The van der Waals surface area contributed by atoms with Crippen molar-refractivity contribution in [3.05, 3.63) is 70.2 Å². The summed E-state index contributed by atoms with van der Waals surface area (Å²) in [5.74, 6) is -0.0741. The minimum Gasteiger partial charge on any atom is -0.328 e. The number of carbonyl (C=O) groups is 1. The molecule has 0 saturated carbocycles. The van der Waals surface area contributed by atoms with Crippen molar-refractivity contribution in [3.63, 3.8) is 0 Å². The van der Waals surface area contributed by atoms with Gasteiger partial charge in [-0.25, -0.2) is 9.37 Å². The van der Waals surface area contributed by atoms with Crippen LogP contribution in [0, 0.1) is 5.82 Å². The van der Waals surface area contributed by atoms with Gasteiger partial charge in [0.05, 0.1) is 5.56 Å². The molecule has 0 fully saturated rings. The lowest BCUT2D eigenvalue weighted by molar-refractivity contribution is 0.102. The number of aryl methyl sites for hydroxylation is 1. The van der Waals surface area contributed by atoms with E-state index < -0.39 is 11.7 Å². The van der Waals surface area contributed by atoms with Crippen molar-refractivity contribution in [1.29, 1.82) is 0 Å². The summed E-state index contributed by atoms with van der Waals surface area (Å²) >= 11 is 3.19. The Morgan fingerprint density at radius 1 is 1.15 bits per heavy atom. The molecule has 6 heteroatoms. The van der Waals surface area contributed by atoms with Crippen LogP contribution >= 0.6 is 15.9 Å². The number of benzene rings is 2. The molecule has 0 aliphatic carbocycles. The molecule has 0 radical (unpaired) electrons. The first kappa shape index (κ1) is 17.0. The number of nitrogens with zero attached hydrogens (tertiary/aromatic N) is 2. The lowest BCUT2D eigenvalue weighted by Gasteiger charge is -2.16. The van der Waals surface area contributed by atoms with Crippen molar-refractivity contribution in [2.24, 2.45) is 0 Å². The molecule has 1 aliphatic heterocycles. The Kier molecular flexibility index (Phi) is 4.59. The van der Waals surface area contributed by atoms with Gasteiger partial charge in [-0.2, -0.15) is 0 Å². The molecule has 1 N–H and O–H groups in total. The van der Waals surface area contributed by atoms with Gasteiger partial charge >= 0.3 is 0 Å². The third kappa shape index (κ3) is 3.29. The zero-order valence-corrected chi connectivity index (χ0v) is 15.6. The maximum Gasteiger partial charge on any atom is 0.258 e. The van der Waals surface area contributed by atoms with Gasteiger partial charge in [-0.15, -0.1) is 0 Å². The highest BCUT2D eigenvalue weighted by molar-refractivity contribution is 9.10. The van der Waals surface area contributed by atoms with E-state index in [1.165, 1.54) is 30.7 Å². The van der Waals surface area contributed by atoms with Crippen molar-refractivity contribution in [2.45, 2.75) is 25.8 Å². The Balaban J connectivity index is 1.53. The number of anilines is 1. The van der Waals surface area contributed by atoms with E-state index in [0.717, 1.165) is 24.4 Å². The van der Waals surface area contributed by atoms with Gasteiger partial charge in [-0.1, -0.05) is 15.9 Å². The summed E-state index contributed by atoms with van der Waals surface area (Å²) in [5, 5.41) is 2.73. The maximum atomic E-state index is 13.9. The Bertz CT molecular complexity index is 966. The monoisotopic (exact) mass is 413 g/mol. The molecule has 0 unspecified atom stereocenters. The number of aromatic nitrogens is 2. The van der Waals surface area contributed by atoms with E-state index >= 15 is 0 Å². The average molecular weight is 414 g/mol. The van der Waals surface area contributed by atoms with Gasteiger partial charge in [0.15, 0.2) is 0 Å². The Morgan fingerprint density at radius 2 is 1.96 bits per heavy atom. The van der Waals surface area contributed by atoms with E-state index in [-0.39, 0.29) is 5.56 Å². The fraction of sp³-hybridized carbons (Fsp3) is 0.200. The van der Waals surface area contributed by atoms with Gasteiger partial charge in [0, 0.05) is 34.2 Å². The molecule has 4 nitrogen and oxygen atoms in total. The van der Waals surface area contributed by atoms with Gasteiger partial charge in [0.1, 0.15) is 11.6 Å². The second kappa shape index (κ2) is 7.03. The van der Waals surface area contributed by atoms with Crippen LogP contribution in [0.5, 0.6) is 0 Å². The highest BCUT2D eigenvalue weighted by atomic mass is 79.9. The molecule has 1 amide bonds. The highest BCUT2D eigenvalue weighted by Gasteiger charge is 2.16. The van der Waals surface area contributed by atoms with Crippen LogP contribution in [0.15, 0.2) is 53.1 Å². The molecule has 1 aliphatic rings. The molecule has 0 atom stereocenters. The molecule has 2 aromatic carbocycles. The minimum atomic E-state index is -0.558. The number of hydrogen-bond donors (Lipinski definition) is 1. The van der Waals surface area contributed by atoms with Crippen LogP contribution in [-0.4, -0.2) is 15.5 Å². The molecular formula is C20H17BrFN3O. The summed E-state index contributed by atoms with van der Waals surface area (Å²) in [6.45, 7) is 0.992. The number of imidazole rings is 1. The first-order valence-corrected chi connectivity index (χ1v) is 9.32. The molecule has 2 heterocycles. The van der Waals surface area contributed by atoms with Crippen LogP contribution in [0.4, 0.5) is 10.1 Å². The quantitative estimate of drug-likeness (QED) is 0.653. The number of rotatable bonds is 3. The molecule has 0 spiro atoms. The van der Waals surface area contributed by atoms with Crippen LogP contribution in [0.25, 0.3) is 11.4 Å². The molecule has 0 saturated heterocycles. The fourth-order valence-electron chi connectivity index (χ4n) is 3.24. The van der Waals surface area contributed by atoms with Gasteiger partial charge < -0.3 is 9.88 Å². The largest absolute Gasteiger partial charge is 0.328 e. The molecule has 1 aromatic heterocycles. The molecule has 4 rings (SSSR count). The van der Waals surface area contributed by atoms with Crippen molar-refractivity contribution in [1.82, 2.24) is 9.55 Å². The van der Waals surface area contributed by atoms with Gasteiger partial charge in [-0.3, -0.25) is 4.79 Å². The second-order valence-electron chi connectivity index (χ2n) is 6.34. The standard InChI is InChI=1S/C20H17BrFN3O/c21-14-6-9-17(18(22)11-14)20(26)24-15-7-4-13(5-8-15)19-23-12-16-3-1-2-10-25(16)19/h4-9,11-12H,1-3,10H2,(H,24,26). The van der Waals surface area contributed by atoms with E-state index in [1.54, 1.807) is 6.07 Å². The number of halogens is 2. The summed E-state index contributed by atoms with van der Waals surface area (Å²) in [7, 11) is 0. The molecule has 132 valence electrons. The molecule has 26 heavy (non-hydrogen) atoms. The van der Waals surface area contributed by atoms with E-state index in [2.05, 4.69) is 30.8 Å². The Labute approximate surface area is 159 Å². The summed E-state index contributed by atoms with van der Waals surface area (Å²) in [5.41, 5.74) is 2.91. The second-order valence-corrected chi connectivity index (χ2v) is 7.25. The molecular weight excluding hydrogens is 397 g/mol. The summed E-state index contributed by atoms with van der Waals surface area (Å²) in [6.07, 6.45) is 5.40. The number of hydrogen-bond acceptors (Lipinski definition) is 2. The lowest BCUT2D eigenvalue weighted by Crippen LogP contribution is -2.13. The van der Waals surface area contributed by atoms with Crippen LogP contribution < -0.4 is 5.32 Å². The zero-order chi connectivity index (χ0) is 18.1. The number of carbonyl (C=O) groups excluding carboxylic acids is 1. The van der Waals surface area contributed by atoms with Crippen LogP contribution in [0.2, 0.25) is 0 Å². The van der Waals surface area contributed by atoms with E-state index in [4.69, 9.17) is 0 Å². The fourth-order valence-corrected chi connectivity index (χ4v) is 3.57. The Hall–Kier alpha value is -2.47. The predicted octanol–water partition coefficient (Wildman–Crippen LogP) is 5.04. The number of nitrogens with one attached hydrogen (secondary N) is 1. The SMILES string of the molecule is O=C(Nc1ccc(-c2ncc3n2CCCC3)cc1)c1ccc(Br)cc1F. The molecule has 3 aromatic rings. The predicted molar refractivity (Wildman–Crippen MR) is 103 cm³/mol. The normalized spacial score (nSPS) is 13.3. The van der Waals surface area contributed by atoms with Crippen molar-refractivity contribution >= 4 is 27.5 Å². The lowest BCUT2D eigenvalue weighted by atomic mass is 10.1. The summed E-state index contributed by atoms with van der Waals surface area (Å²) in [4.78, 5) is 16.8. The average Bonchev–Trinajstić information content (AvgIpc) is 3.06. The molecule has 0 bridgehead atoms. The number of fused-ring (bicyclic) bond motifs is 1. The van der Waals surface area contributed by atoms with Crippen LogP contribution in [-0.2, 0) is 13.0 Å². The van der Waals surface area contributed by atoms with Gasteiger partial charge in [-0.05, 0) is 61.7 Å². The first-order chi connectivity index (χ1) is 12.6. The van der Waals surface area contributed by atoms with E-state index in [1.807, 2.05) is 30.5 Å².